The lowest BCUT2D eigenvalue weighted by molar-refractivity contribution is -0.116. The Morgan fingerprint density at radius 2 is 1.97 bits per heavy atom. The van der Waals surface area contributed by atoms with Crippen molar-refractivity contribution in [3.8, 4) is 5.75 Å². The molecular formula is C23H32ClNO4S. The lowest BCUT2D eigenvalue weighted by atomic mass is 9.82. The molecule has 1 aromatic carbocycles. The van der Waals surface area contributed by atoms with E-state index in [1.54, 1.807) is 24.3 Å². The molecule has 0 saturated heterocycles. The molecule has 30 heavy (non-hydrogen) atoms. The number of benzene rings is 1. The maximum atomic E-state index is 12.7. The smallest absolute Gasteiger partial charge is 0.168 e. The molecule has 0 amide bonds. The lowest BCUT2D eigenvalue weighted by Gasteiger charge is -2.25. The number of halogens is 1. The van der Waals surface area contributed by atoms with Gasteiger partial charge >= 0.3 is 0 Å². The number of ketones is 1. The first-order valence-corrected chi connectivity index (χ1v) is 11.9. The fourth-order valence-electron chi connectivity index (χ4n) is 3.58. The van der Waals surface area contributed by atoms with Crippen molar-refractivity contribution in [1.82, 2.24) is 0 Å². The molecule has 0 aromatic heterocycles. The number of hydrogen-bond acceptors (Lipinski definition) is 6. The van der Waals surface area contributed by atoms with Crippen molar-refractivity contribution in [2.24, 2.45) is 11.1 Å². The van der Waals surface area contributed by atoms with Crippen molar-refractivity contribution < 1.29 is 19.5 Å². The van der Waals surface area contributed by atoms with Gasteiger partial charge in [-0.05, 0) is 55.7 Å². The topological polar surface area (TPSA) is 68.1 Å². The molecule has 1 aromatic rings. The van der Waals surface area contributed by atoms with Gasteiger partial charge in [0.05, 0.1) is 11.3 Å². The van der Waals surface area contributed by atoms with Crippen molar-refractivity contribution in [3.05, 3.63) is 40.6 Å². The molecule has 0 bridgehead atoms. The summed E-state index contributed by atoms with van der Waals surface area (Å²) in [6.07, 6.45) is 2.16. The van der Waals surface area contributed by atoms with Crippen molar-refractivity contribution in [2.75, 3.05) is 12.4 Å². The van der Waals surface area contributed by atoms with E-state index < -0.39 is 0 Å². The summed E-state index contributed by atoms with van der Waals surface area (Å²) < 4.78 is 5.76. The lowest BCUT2D eigenvalue weighted by Crippen LogP contribution is -2.26. The van der Waals surface area contributed by atoms with E-state index in [1.807, 2.05) is 25.6 Å². The predicted molar refractivity (Wildman–Crippen MR) is 125 cm³/mol. The summed E-state index contributed by atoms with van der Waals surface area (Å²) in [4.78, 5) is 18.2. The summed E-state index contributed by atoms with van der Waals surface area (Å²) in [7, 11) is 0. The Balaban J connectivity index is 1.95. The zero-order valence-electron chi connectivity index (χ0n) is 18.2. The summed E-state index contributed by atoms with van der Waals surface area (Å²) >= 11 is 7.76. The molecule has 0 saturated carbocycles. The standard InChI is InChI=1S/C23H32ClNO4S/c1-5-20(25-28-14-15(3)29-19-9-7-18(24)8-10-19)23-21(26)12-17(13-22(23)27)11-16(4)30-6-2/h7-10,15-17,26H,5-6,11-14H2,1-4H3/b25-20+. The Morgan fingerprint density at radius 3 is 2.57 bits per heavy atom. The zero-order valence-corrected chi connectivity index (χ0v) is 19.8. The normalized spacial score (nSPS) is 19.6. The molecule has 3 unspecified atom stereocenters. The number of allylic oxidation sites excluding steroid dienone is 2. The Kier molecular flexibility index (Phi) is 10.1. The van der Waals surface area contributed by atoms with Gasteiger partial charge in [-0.3, -0.25) is 4.79 Å². The molecule has 2 rings (SSSR count). The van der Waals surface area contributed by atoms with Gasteiger partial charge in [-0.2, -0.15) is 11.8 Å². The number of aliphatic hydroxyl groups excluding tert-OH is 1. The molecule has 0 spiro atoms. The second-order valence-electron chi connectivity index (χ2n) is 7.59. The summed E-state index contributed by atoms with van der Waals surface area (Å²) in [6.45, 7) is 8.31. The highest BCUT2D eigenvalue weighted by Crippen LogP contribution is 2.32. The summed E-state index contributed by atoms with van der Waals surface area (Å²) in [5, 5.41) is 15.8. The van der Waals surface area contributed by atoms with Crippen LogP contribution in [0.5, 0.6) is 5.75 Å². The van der Waals surface area contributed by atoms with Gasteiger partial charge in [0.2, 0.25) is 0 Å². The highest BCUT2D eigenvalue weighted by atomic mass is 35.5. The number of carbonyl (C=O) groups excluding carboxylic acids is 1. The van der Waals surface area contributed by atoms with Crippen LogP contribution in [0.2, 0.25) is 5.02 Å². The third-order valence-electron chi connectivity index (χ3n) is 4.90. The first kappa shape index (κ1) is 24.6. The molecule has 7 heteroatoms. The summed E-state index contributed by atoms with van der Waals surface area (Å²) in [6, 6.07) is 7.10. The Labute approximate surface area is 188 Å². The Hall–Kier alpha value is -1.66. The molecule has 1 aliphatic carbocycles. The zero-order chi connectivity index (χ0) is 22.1. The third-order valence-corrected chi connectivity index (χ3v) is 6.25. The molecule has 0 heterocycles. The maximum Gasteiger partial charge on any atom is 0.168 e. The number of carbonyl (C=O) groups is 1. The van der Waals surface area contributed by atoms with Crippen LogP contribution in [0.15, 0.2) is 40.8 Å². The highest BCUT2D eigenvalue weighted by Gasteiger charge is 2.31. The van der Waals surface area contributed by atoms with E-state index >= 15 is 0 Å². The van der Waals surface area contributed by atoms with Crippen LogP contribution in [0.1, 0.15) is 53.4 Å². The number of hydrogen-bond donors (Lipinski definition) is 1. The number of nitrogens with zero attached hydrogens (tertiary/aromatic N) is 1. The van der Waals surface area contributed by atoms with Gasteiger partial charge in [-0.1, -0.05) is 37.5 Å². The minimum absolute atomic E-state index is 0.0490. The average molecular weight is 454 g/mol. The van der Waals surface area contributed by atoms with E-state index in [-0.39, 0.29) is 30.2 Å². The molecule has 166 valence electrons. The fraction of sp³-hybridized carbons (Fsp3) is 0.565. The molecule has 1 aliphatic rings. The number of rotatable bonds is 11. The van der Waals surface area contributed by atoms with Gasteiger partial charge in [-0.15, -0.1) is 0 Å². The van der Waals surface area contributed by atoms with Crippen LogP contribution in [0, 0.1) is 5.92 Å². The molecular weight excluding hydrogens is 422 g/mol. The van der Waals surface area contributed by atoms with Gasteiger partial charge in [0.25, 0.3) is 0 Å². The van der Waals surface area contributed by atoms with Crippen LogP contribution in [0.25, 0.3) is 0 Å². The van der Waals surface area contributed by atoms with Crippen LogP contribution in [-0.4, -0.2) is 40.3 Å². The van der Waals surface area contributed by atoms with Crippen LogP contribution in [-0.2, 0) is 9.63 Å². The number of Topliss-reactive ketones (excluding diaryl/α,β-unsaturated/α-hetero) is 1. The Morgan fingerprint density at radius 1 is 1.27 bits per heavy atom. The number of thioether (sulfide) groups is 1. The van der Waals surface area contributed by atoms with E-state index in [0.29, 0.717) is 46.6 Å². The van der Waals surface area contributed by atoms with Crippen LogP contribution in [0.3, 0.4) is 0 Å². The second-order valence-corrected chi connectivity index (χ2v) is 9.74. The van der Waals surface area contributed by atoms with E-state index in [1.165, 1.54) is 0 Å². The average Bonchev–Trinajstić information content (AvgIpc) is 2.68. The van der Waals surface area contributed by atoms with Crippen LogP contribution >= 0.6 is 23.4 Å². The SMILES string of the molecule is CCSC(C)CC1CC(=O)C(/C(CC)=N/OCC(C)Oc2ccc(Cl)cc2)=C(O)C1. The van der Waals surface area contributed by atoms with Gasteiger partial charge < -0.3 is 14.7 Å². The van der Waals surface area contributed by atoms with Crippen molar-refractivity contribution in [2.45, 2.75) is 64.7 Å². The van der Waals surface area contributed by atoms with Gasteiger partial charge in [0.1, 0.15) is 17.6 Å². The first-order chi connectivity index (χ1) is 14.3. The van der Waals surface area contributed by atoms with E-state index in [4.69, 9.17) is 21.2 Å². The van der Waals surface area contributed by atoms with Crippen molar-refractivity contribution in [3.63, 3.8) is 0 Å². The highest BCUT2D eigenvalue weighted by molar-refractivity contribution is 7.99. The fourth-order valence-corrected chi connectivity index (χ4v) is 4.68. The summed E-state index contributed by atoms with van der Waals surface area (Å²) in [5.41, 5.74) is 0.821. The summed E-state index contributed by atoms with van der Waals surface area (Å²) in [5.74, 6) is 2.02. The molecule has 0 fully saturated rings. The van der Waals surface area contributed by atoms with Crippen molar-refractivity contribution >= 4 is 34.9 Å². The Bertz CT molecular complexity index is 763. The van der Waals surface area contributed by atoms with Gasteiger partial charge in [0.15, 0.2) is 12.4 Å². The monoisotopic (exact) mass is 453 g/mol. The maximum absolute atomic E-state index is 12.7. The molecule has 1 N–H and O–H groups in total. The predicted octanol–water partition coefficient (Wildman–Crippen LogP) is 6.21. The third kappa shape index (κ3) is 7.55. The van der Waals surface area contributed by atoms with Crippen molar-refractivity contribution in [1.29, 1.82) is 0 Å². The first-order valence-electron chi connectivity index (χ1n) is 10.5. The number of oxime groups is 1. The minimum atomic E-state index is -0.236. The van der Waals surface area contributed by atoms with Crippen LogP contribution in [0.4, 0.5) is 0 Å². The van der Waals surface area contributed by atoms with Gasteiger partial charge in [-0.25, -0.2) is 0 Å². The molecule has 3 atom stereocenters. The molecule has 0 radical (unpaired) electrons. The number of ether oxygens (including phenoxy) is 1. The number of aliphatic hydroxyl groups is 1. The second kappa shape index (κ2) is 12.3. The van der Waals surface area contributed by atoms with Gasteiger partial charge in [0, 0.05) is 23.1 Å². The van der Waals surface area contributed by atoms with E-state index in [2.05, 4.69) is 19.0 Å². The van der Waals surface area contributed by atoms with Crippen LogP contribution < -0.4 is 4.74 Å². The largest absolute Gasteiger partial charge is 0.511 e. The minimum Gasteiger partial charge on any atom is -0.511 e. The molecule has 0 aliphatic heterocycles. The molecule has 5 nitrogen and oxygen atoms in total. The van der Waals surface area contributed by atoms with E-state index in [0.717, 1.165) is 12.2 Å². The quantitative estimate of drug-likeness (QED) is 0.318. The van der Waals surface area contributed by atoms with E-state index in [9.17, 15) is 9.90 Å².